The predicted octanol–water partition coefficient (Wildman–Crippen LogP) is 1.67. The lowest BCUT2D eigenvalue weighted by atomic mass is 10.3. The Balaban J connectivity index is 2.12. The Morgan fingerprint density at radius 1 is 0.600 bits per heavy atom. The molecule has 0 fully saturated rings. The third kappa shape index (κ3) is 1.62. The Kier molecular flexibility index (Phi) is 2.39. The van der Waals surface area contributed by atoms with Gasteiger partial charge in [0.2, 0.25) is 6.20 Å². The van der Waals surface area contributed by atoms with Crippen molar-refractivity contribution in [3.05, 3.63) is 73.3 Å². The van der Waals surface area contributed by atoms with Gasteiger partial charge in [-0.2, -0.15) is 0 Å². The first-order valence-electron chi connectivity index (χ1n) is 6.45. The number of para-hydroxylation sites is 2. The SMILES string of the molecule is c1ccc2c(c1)ncc[n+]2-[n+]1cccc2ncccc21. The average molecular weight is 260 g/mol. The van der Waals surface area contributed by atoms with Crippen LogP contribution in [0.4, 0.5) is 0 Å². The summed E-state index contributed by atoms with van der Waals surface area (Å²) in [6.45, 7) is 0. The average Bonchev–Trinajstić information content (AvgIpc) is 2.54. The maximum Gasteiger partial charge on any atom is 0.302 e. The maximum absolute atomic E-state index is 4.40. The summed E-state index contributed by atoms with van der Waals surface area (Å²) in [6.07, 6.45) is 7.59. The van der Waals surface area contributed by atoms with Gasteiger partial charge in [0.15, 0.2) is 0 Å². The van der Waals surface area contributed by atoms with Crippen molar-refractivity contribution in [1.29, 1.82) is 0 Å². The van der Waals surface area contributed by atoms with E-state index in [1.54, 1.807) is 0 Å². The largest absolute Gasteiger partial charge is 0.302 e. The van der Waals surface area contributed by atoms with E-state index in [4.69, 9.17) is 0 Å². The molecule has 3 aromatic heterocycles. The number of aromatic nitrogens is 4. The molecular weight excluding hydrogens is 248 g/mol. The summed E-state index contributed by atoms with van der Waals surface area (Å²) < 4.78 is 4.15. The van der Waals surface area contributed by atoms with Gasteiger partial charge in [-0.1, -0.05) is 12.1 Å². The van der Waals surface area contributed by atoms with Crippen LogP contribution in [0.2, 0.25) is 0 Å². The van der Waals surface area contributed by atoms with E-state index in [0.29, 0.717) is 0 Å². The fourth-order valence-electron chi connectivity index (χ4n) is 2.43. The molecule has 0 bridgehead atoms. The number of rotatable bonds is 1. The Labute approximate surface area is 115 Å². The summed E-state index contributed by atoms with van der Waals surface area (Å²) in [5.74, 6) is 0. The van der Waals surface area contributed by atoms with Crippen LogP contribution in [-0.4, -0.2) is 9.97 Å². The molecule has 20 heavy (non-hydrogen) atoms. The van der Waals surface area contributed by atoms with Crippen LogP contribution in [-0.2, 0) is 0 Å². The number of fused-ring (bicyclic) bond motifs is 2. The first-order chi connectivity index (χ1) is 9.93. The lowest BCUT2D eigenvalue weighted by Crippen LogP contribution is -2.66. The zero-order chi connectivity index (χ0) is 13.4. The van der Waals surface area contributed by atoms with Crippen LogP contribution in [0, 0.1) is 0 Å². The van der Waals surface area contributed by atoms with Crippen LogP contribution >= 0.6 is 0 Å². The number of benzene rings is 1. The van der Waals surface area contributed by atoms with Crippen molar-refractivity contribution in [2.45, 2.75) is 0 Å². The Hall–Kier alpha value is -2.88. The van der Waals surface area contributed by atoms with E-state index in [2.05, 4.69) is 31.5 Å². The molecule has 0 saturated heterocycles. The monoisotopic (exact) mass is 260 g/mol. The zero-order valence-electron chi connectivity index (χ0n) is 10.7. The molecule has 94 valence electrons. The summed E-state index contributed by atoms with van der Waals surface area (Å²) in [6, 6.07) is 16.1. The molecule has 0 radical (unpaired) electrons. The van der Waals surface area contributed by atoms with Crippen molar-refractivity contribution in [2.75, 3.05) is 0 Å². The van der Waals surface area contributed by atoms with Crippen LogP contribution in [0.5, 0.6) is 0 Å². The molecule has 0 aliphatic rings. The fraction of sp³-hybridized carbons (Fsp3) is 0. The van der Waals surface area contributed by atoms with Crippen molar-refractivity contribution in [3.8, 4) is 0 Å². The van der Waals surface area contributed by atoms with E-state index in [0.717, 1.165) is 22.1 Å². The molecule has 0 unspecified atom stereocenters. The Bertz CT molecular complexity index is 830. The van der Waals surface area contributed by atoms with Crippen molar-refractivity contribution in [3.63, 3.8) is 0 Å². The highest BCUT2D eigenvalue weighted by Gasteiger charge is 2.21. The first kappa shape index (κ1) is 11.0. The van der Waals surface area contributed by atoms with Crippen LogP contribution in [0.25, 0.3) is 22.1 Å². The van der Waals surface area contributed by atoms with Crippen molar-refractivity contribution in [1.82, 2.24) is 9.97 Å². The summed E-state index contributed by atoms with van der Waals surface area (Å²) >= 11 is 0. The fourth-order valence-corrected chi connectivity index (χ4v) is 2.43. The highest BCUT2D eigenvalue weighted by Crippen LogP contribution is 2.06. The van der Waals surface area contributed by atoms with Gasteiger partial charge in [-0.05, 0) is 18.2 Å². The molecule has 4 nitrogen and oxygen atoms in total. The summed E-state index contributed by atoms with van der Waals surface area (Å²) in [5, 5.41) is 0. The molecule has 3 heterocycles. The highest BCUT2D eigenvalue weighted by molar-refractivity contribution is 5.71. The highest BCUT2D eigenvalue weighted by atomic mass is 15.4. The minimum atomic E-state index is 0.961. The molecule has 1 aromatic carbocycles. The minimum Gasteiger partial charge on any atom is -0.250 e. The van der Waals surface area contributed by atoms with E-state index in [1.807, 2.05) is 61.2 Å². The van der Waals surface area contributed by atoms with Gasteiger partial charge in [0.1, 0.15) is 11.0 Å². The lowest BCUT2D eigenvalue weighted by Gasteiger charge is -1.96. The molecule has 0 N–H and O–H groups in total. The van der Waals surface area contributed by atoms with Gasteiger partial charge in [-0.3, -0.25) is 0 Å². The minimum absolute atomic E-state index is 0.961. The third-order valence-electron chi connectivity index (χ3n) is 3.33. The molecule has 0 atom stereocenters. The number of hydrogen-bond acceptors (Lipinski definition) is 2. The molecule has 0 saturated carbocycles. The smallest absolute Gasteiger partial charge is 0.250 e. The number of nitrogens with zero attached hydrogens (tertiary/aromatic N) is 4. The van der Waals surface area contributed by atoms with Gasteiger partial charge in [0, 0.05) is 24.4 Å². The molecule has 0 spiro atoms. The van der Waals surface area contributed by atoms with Crippen LogP contribution in [0.1, 0.15) is 0 Å². The van der Waals surface area contributed by atoms with Crippen LogP contribution in [0.15, 0.2) is 73.3 Å². The zero-order valence-corrected chi connectivity index (χ0v) is 10.7. The van der Waals surface area contributed by atoms with Crippen molar-refractivity contribution in [2.24, 2.45) is 0 Å². The van der Waals surface area contributed by atoms with Crippen LogP contribution in [0.3, 0.4) is 0 Å². The Morgan fingerprint density at radius 3 is 2.15 bits per heavy atom. The molecule has 4 aromatic rings. The normalized spacial score (nSPS) is 11.0. The summed E-state index contributed by atoms with van der Waals surface area (Å²) in [7, 11) is 0. The van der Waals surface area contributed by atoms with E-state index in [9.17, 15) is 0 Å². The van der Waals surface area contributed by atoms with Crippen molar-refractivity contribution < 1.29 is 9.35 Å². The van der Waals surface area contributed by atoms with Gasteiger partial charge in [0.05, 0.1) is 15.5 Å². The van der Waals surface area contributed by atoms with Gasteiger partial charge >= 0.3 is 11.0 Å². The van der Waals surface area contributed by atoms with E-state index < -0.39 is 0 Å². The first-order valence-corrected chi connectivity index (χ1v) is 6.45. The van der Waals surface area contributed by atoms with Gasteiger partial charge in [-0.15, -0.1) is 0 Å². The summed E-state index contributed by atoms with van der Waals surface area (Å²) in [4.78, 5) is 8.80. The molecular formula is C16H12N4+2. The topological polar surface area (TPSA) is 33.5 Å². The molecule has 4 heteroatoms. The van der Waals surface area contributed by atoms with Gasteiger partial charge in [-0.25, -0.2) is 9.97 Å². The van der Waals surface area contributed by atoms with Gasteiger partial charge < -0.3 is 0 Å². The molecule has 0 aliphatic carbocycles. The van der Waals surface area contributed by atoms with E-state index >= 15 is 0 Å². The van der Waals surface area contributed by atoms with Crippen molar-refractivity contribution >= 4 is 22.1 Å². The quantitative estimate of drug-likeness (QED) is 0.488. The second kappa shape index (κ2) is 4.35. The van der Waals surface area contributed by atoms with E-state index in [-0.39, 0.29) is 0 Å². The Morgan fingerprint density at radius 2 is 1.25 bits per heavy atom. The standard InChI is InChI=1S/C16H12N4/c1-2-7-15-13(5-1)18-10-12-20(15)19-11-4-6-14-16(19)8-3-9-17-14/h1-12H/q+2. The van der Waals surface area contributed by atoms with Gasteiger partial charge in [0.25, 0.3) is 6.20 Å². The van der Waals surface area contributed by atoms with Crippen LogP contribution < -0.4 is 9.35 Å². The maximum atomic E-state index is 4.40. The van der Waals surface area contributed by atoms with E-state index in [1.165, 1.54) is 0 Å². The second-order valence-electron chi connectivity index (χ2n) is 4.52. The summed E-state index contributed by atoms with van der Waals surface area (Å²) in [5.41, 5.74) is 4.03. The number of pyridine rings is 2. The lowest BCUT2D eigenvalue weighted by molar-refractivity contribution is -1.27. The number of hydrogen-bond donors (Lipinski definition) is 0. The second-order valence-corrected chi connectivity index (χ2v) is 4.52. The predicted molar refractivity (Wildman–Crippen MR) is 74.7 cm³/mol. The molecule has 0 amide bonds. The third-order valence-corrected chi connectivity index (χ3v) is 3.33. The molecule has 4 rings (SSSR count). The molecule has 0 aliphatic heterocycles.